The molecule has 2 aromatic heterocycles. The molecule has 0 bridgehead atoms. The largest absolute Gasteiger partial charge is 0.497 e. The van der Waals surface area contributed by atoms with Gasteiger partial charge in [0.05, 0.1) is 48.9 Å². The Morgan fingerprint density at radius 1 is 1.00 bits per heavy atom. The highest BCUT2D eigenvalue weighted by Gasteiger charge is 2.36. The first-order valence-corrected chi connectivity index (χ1v) is 19.9. The van der Waals surface area contributed by atoms with Crippen LogP contribution in [0.2, 0.25) is 5.04 Å². The highest BCUT2D eigenvalue weighted by atomic mass is 28.2. The Hall–Kier alpha value is -5.21. The van der Waals surface area contributed by atoms with E-state index in [9.17, 15) is 13.6 Å². The minimum atomic E-state index is -0.938. The molecule has 1 saturated heterocycles. The predicted molar refractivity (Wildman–Crippen MR) is 213 cm³/mol. The van der Waals surface area contributed by atoms with Crippen molar-refractivity contribution in [3.8, 4) is 17.3 Å². The topological polar surface area (TPSA) is 108 Å². The van der Waals surface area contributed by atoms with E-state index in [-0.39, 0.29) is 17.1 Å². The van der Waals surface area contributed by atoms with Crippen LogP contribution in [0.3, 0.4) is 0 Å². The molecule has 0 unspecified atom stereocenters. The molecule has 1 fully saturated rings. The van der Waals surface area contributed by atoms with Crippen LogP contribution < -0.4 is 25.0 Å². The maximum atomic E-state index is 14.5. The molecule has 2 N–H and O–H groups in total. The molecule has 5 aromatic rings. The number of methoxy groups -OCH3 is 1. The van der Waals surface area contributed by atoms with Crippen LogP contribution in [0.1, 0.15) is 57.2 Å². The lowest BCUT2D eigenvalue weighted by molar-refractivity contribution is 0.137. The number of hydrogen-bond acceptors (Lipinski definition) is 7. The molecular weight excluding hydrogens is 721 g/mol. The molecule has 6 rings (SSSR count). The van der Waals surface area contributed by atoms with Crippen LogP contribution in [0, 0.1) is 24.5 Å². The fraction of sp³-hybridized carbons (Fsp3) is 0.390. The van der Waals surface area contributed by atoms with E-state index in [0.717, 1.165) is 28.8 Å². The second-order valence-corrected chi connectivity index (χ2v) is 17.7. The van der Waals surface area contributed by atoms with Gasteiger partial charge in [0.2, 0.25) is 5.88 Å². The SMILES string of the molecule is COc1ccc(Cn2cc(N3C[C@@H](NC(=O)Nc4c(C)c(OC[C@H](C)O[SiH2]C(C)(C)C(C)C)nn4-c4ccccc4)[C@H](c4ccc(F)c(F)c4)C3)cn2)cc1. The molecular formula is C41H51F2N7O4Si. The zero-order valence-corrected chi connectivity index (χ0v) is 34.0. The quantitative estimate of drug-likeness (QED) is 0.108. The Kier molecular flexibility index (Phi) is 12.3. The summed E-state index contributed by atoms with van der Waals surface area (Å²) in [6.45, 7) is 14.5. The third-order valence-corrected chi connectivity index (χ3v) is 12.9. The molecule has 3 heterocycles. The number of carbonyl (C=O) groups is 1. The monoisotopic (exact) mass is 771 g/mol. The van der Waals surface area contributed by atoms with Crippen molar-refractivity contribution in [1.29, 1.82) is 0 Å². The zero-order valence-electron chi connectivity index (χ0n) is 32.6. The molecule has 1 aliphatic rings. The van der Waals surface area contributed by atoms with Crippen molar-refractivity contribution in [1.82, 2.24) is 24.9 Å². The number of nitrogens with one attached hydrogen (secondary N) is 2. The lowest BCUT2D eigenvalue weighted by Crippen LogP contribution is -2.42. The van der Waals surface area contributed by atoms with Gasteiger partial charge in [-0.1, -0.05) is 64.1 Å². The minimum Gasteiger partial charge on any atom is -0.497 e. The molecule has 3 aromatic carbocycles. The van der Waals surface area contributed by atoms with Crippen molar-refractivity contribution >= 4 is 27.3 Å². The number of carbonyl (C=O) groups excluding carboxylic acids is 1. The summed E-state index contributed by atoms with van der Waals surface area (Å²) in [4.78, 5) is 16.0. The Morgan fingerprint density at radius 3 is 2.44 bits per heavy atom. The summed E-state index contributed by atoms with van der Waals surface area (Å²) >= 11 is 0. The maximum Gasteiger partial charge on any atom is 0.320 e. The zero-order chi connectivity index (χ0) is 39.3. The summed E-state index contributed by atoms with van der Waals surface area (Å²) in [5, 5.41) is 15.6. The first-order valence-electron chi connectivity index (χ1n) is 18.6. The van der Waals surface area contributed by atoms with E-state index < -0.39 is 33.5 Å². The van der Waals surface area contributed by atoms with E-state index in [0.29, 0.717) is 55.0 Å². The molecule has 11 nitrogen and oxygen atoms in total. The highest BCUT2D eigenvalue weighted by molar-refractivity contribution is 6.32. The van der Waals surface area contributed by atoms with Crippen molar-refractivity contribution in [2.24, 2.45) is 5.92 Å². The number of urea groups is 1. The lowest BCUT2D eigenvalue weighted by atomic mass is 9.94. The van der Waals surface area contributed by atoms with E-state index in [1.165, 1.54) is 6.07 Å². The Balaban J connectivity index is 1.19. The third-order valence-electron chi connectivity index (χ3n) is 10.6. The van der Waals surface area contributed by atoms with Crippen molar-refractivity contribution in [3.05, 3.63) is 114 Å². The summed E-state index contributed by atoms with van der Waals surface area (Å²) in [5.41, 5.74) is 3.88. The Morgan fingerprint density at radius 2 is 1.75 bits per heavy atom. The van der Waals surface area contributed by atoms with Gasteiger partial charge in [-0.2, -0.15) is 5.10 Å². The fourth-order valence-corrected chi connectivity index (χ4v) is 7.50. The number of hydrogen-bond donors (Lipinski definition) is 2. The first-order chi connectivity index (χ1) is 26.3. The van der Waals surface area contributed by atoms with Gasteiger partial charge in [0, 0.05) is 25.2 Å². The fourth-order valence-electron chi connectivity index (χ4n) is 6.36. The number of nitrogens with zero attached hydrogens (tertiary/aromatic N) is 5. The summed E-state index contributed by atoms with van der Waals surface area (Å²) in [7, 11) is 0.810. The molecule has 292 valence electrons. The van der Waals surface area contributed by atoms with E-state index >= 15 is 0 Å². The molecule has 1 aliphatic heterocycles. The molecule has 3 atom stereocenters. The van der Waals surface area contributed by atoms with Gasteiger partial charge in [-0.3, -0.25) is 10.00 Å². The molecule has 0 spiro atoms. The van der Waals surface area contributed by atoms with Gasteiger partial charge in [0.1, 0.15) is 18.2 Å². The van der Waals surface area contributed by atoms with Crippen molar-refractivity contribution < 1.29 is 27.5 Å². The number of para-hydroxylation sites is 1. The summed E-state index contributed by atoms with van der Waals surface area (Å²) < 4.78 is 49.8. The van der Waals surface area contributed by atoms with Crippen molar-refractivity contribution in [2.75, 3.05) is 37.0 Å². The van der Waals surface area contributed by atoms with Crippen molar-refractivity contribution in [3.63, 3.8) is 0 Å². The number of benzene rings is 3. The van der Waals surface area contributed by atoms with Crippen LogP contribution in [0.5, 0.6) is 11.6 Å². The molecule has 0 radical (unpaired) electrons. The molecule has 0 aliphatic carbocycles. The first kappa shape index (κ1) is 39.5. The summed E-state index contributed by atoms with van der Waals surface area (Å²) in [5.74, 6) is -0.0859. The summed E-state index contributed by atoms with van der Waals surface area (Å²) in [6.07, 6.45) is 3.59. The molecule has 55 heavy (non-hydrogen) atoms. The molecule has 2 amide bonds. The Labute approximate surface area is 323 Å². The number of amides is 2. The van der Waals surface area contributed by atoms with Gasteiger partial charge < -0.3 is 24.1 Å². The predicted octanol–water partition coefficient (Wildman–Crippen LogP) is 7.23. The number of anilines is 2. The standard InChI is InChI=1S/C41H51F2N7O4Si/c1-26(2)41(5,6)55-54-27(3)25-53-39-28(4)38(50(47-39)31-11-9-8-10-12-31)46-40(51)45-37-24-48(23-34(37)30-15-18-35(42)36(43)19-30)32-20-44-49(22-32)21-29-13-16-33(52-7)17-14-29/h8-20,22,26-27,34,37H,21,23-25,55H2,1-7H3,(H2,45,46,51)/t27-,34-,37+/m0/s1. The summed E-state index contributed by atoms with van der Waals surface area (Å²) in [6, 6.07) is 20.2. The second kappa shape index (κ2) is 17.1. The van der Waals surface area contributed by atoms with Crippen LogP contribution in [0.15, 0.2) is 85.2 Å². The number of rotatable bonds is 15. The maximum absolute atomic E-state index is 14.5. The third kappa shape index (κ3) is 9.54. The highest BCUT2D eigenvalue weighted by Crippen LogP contribution is 2.35. The van der Waals surface area contributed by atoms with Gasteiger partial charge in [-0.25, -0.2) is 18.3 Å². The molecule has 0 saturated carbocycles. The number of halogens is 2. The van der Waals surface area contributed by atoms with Crippen LogP contribution >= 0.6 is 0 Å². The van der Waals surface area contributed by atoms with Gasteiger partial charge in [0.15, 0.2) is 21.4 Å². The second-order valence-electron chi connectivity index (χ2n) is 15.2. The van der Waals surface area contributed by atoms with Gasteiger partial charge in [0.25, 0.3) is 0 Å². The average molecular weight is 772 g/mol. The molecule has 14 heteroatoms. The van der Waals surface area contributed by atoms with E-state index in [4.69, 9.17) is 19.0 Å². The number of ether oxygens (including phenoxy) is 2. The van der Waals surface area contributed by atoms with Gasteiger partial charge in [-0.15, -0.1) is 5.10 Å². The lowest BCUT2D eigenvalue weighted by Gasteiger charge is -2.29. The minimum absolute atomic E-state index is 0.126. The van der Waals surface area contributed by atoms with Gasteiger partial charge in [-0.05, 0) is 72.3 Å². The Bertz CT molecular complexity index is 2060. The van der Waals surface area contributed by atoms with E-state index in [1.54, 1.807) is 24.1 Å². The normalized spacial score (nSPS) is 16.6. The number of aromatic nitrogens is 4. The average Bonchev–Trinajstić information content (AvgIpc) is 3.89. The van der Waals surface area contributed by atoms with E-state index in [2.05, 4.69) is 48.3 Å². The smallest absolute Gasteiger partial charge is 0.320 e. The van der Waals surface area contributed by atoms with Gasteiger partial charge >= 0.3 is 6.03 Å². The van der Waals surface area contributed by atoms with Crippen LogP contribution in [0.25, 0.3) is 5.69 Å². The van der Waals surface area contributed by atoms with Crippen LogP contribution in [0.4, 0.5) is 25.1 Å². The van der Waals surface area contributed by atoms with Crippen molar-refractivity contribution in [2.45, 2.75) is 71.2 Å². The van der Waals surface area contributed by atoms with Crippen LogP contribution in [-0.4, -0.2) is 74.3 Å². The van der Waals surface area contributed by atoms with Crippen LogP contribution in [-0.2, 0) is 11.0 Å². The van der Waals surface area contributed by atoms with E-state index in [1.807, 2.05) is 79.3 Å².